The normalized spacial score (nSPS) is 34.2. The second-order valence-electron chi connectivity index (χ2n) is 35.2. The molecule has 112 heavy (non-hydrogen) atoms. The predicted octanol–water partition coefficient (Wildman–Crippen LogP) is 10.2. The number of hydrogen-bond donors (Lipinski definition) is 2. The van der Waals surface area contributed by atoms with E-state index in [0.29, 0.717) is 86.7 Å². The summed E-state index contributed by atoms with van der Waals surface area (Å²) in [6.45, 7) is 26.1. The number of allylic oxidation sites excluding steroid dienone is 2. The largest absolute Gasteiger partial charge is 0.490 e. The van der Waals surface area contributed by atoms with Crippen LogP contribution in [0.4, 0.5) is 11.4 Å². The predicted molar refractivity (Wildman–Crippen MR) is 438 cm³/mol. The Morgan fingerprint density at radius 3 is 1.32 bits per heavy atom. The first-order chi connectivity index (χ1) is 53.6. The molecule has 22 nitrogen and oxygen atoms in total. The number of halogens is 2. The number of aryl methyl sites for hydroxylation is 2. The van der Waals surface area contributed by atoms with Crippen LogP contribution in [0.1, 0.15) is 149 Å². The Labute approximate surface area is 673 Å². The molecule has 14 atom stereocenters. The van der Waals surface area contributed by atoms with E-state index >= 15 is 0 Å². The van der Waals surface area contributed by atoms with E-state index in [0.717, 1.165) is 177 Å². The van der Waals surface area contributed by atoms with Crippen LogP contribution in [0.5, 0.6) is 11.5 Å². The van der Waals surface area contributed by atoms with Crippen molar-refractivity contribution in [3.63, 3.8) is 0 Å². The molecule has 8 heterocycles. The van der Waals surface area contributed by atoms with Gasteiger partial charge >= 0.3 is 0 Å². The molecule has 4 aliphatic carbocycles. The van der Waals surface area contributed by atoms with Crippen molar-refractivity contribution in [2.24, 2.45) is 35.5 Å². The number of sulfonamides is 2. The first-order valence-electron chi connectivity index (χ1n) is 41.2. The maximum atomic E-state index is 13.7. The highest BCUT2D eigenvalue weighted by atomic mass is 35.5. The first-order valence-corrected chi connectivity index (χ1v) is 45.1. The maximum Gasteiger partial charge on any atom is 0.264 e. The molecule has 2 spiro atoms. The lowest BCUT2D eigenvalue weighted by Gasteiger charge is -2.53. The van der Waals surface area contributed by atoms with Crippen LogP contribution in [0.25, 0.3) is 0 Å². The smallest absolute Gasteiger partial charge is 0.264 e. The third kappa shape index (κ3) is 16.2. The van der Waals surface area contributed by atoms with E-state index in [-0.39, 0.29) is 58.4 Å². The van der Waals surface area contributed by atoms with E-state index < -0.39 is 53.6 Å². The summed E-state index contributed by atoms with van der Waals surface area (Å²) in [6.07, 6.45) is 19.8. The van der Waals surface area contributed by atoms with Crippen molar-refractivity contribution in [1.29, 1.82) is 0 Å². The number of amides is 4. The monoisotopic (exact) mass is 1610 g/mol. The number of benzene rings is 4. The Balaban J connectivity index is 0.000000177. The molecule has 4 bridgehead atoms. The number of carbonyl (C=O) groups excluding carboxylic acids is 4. The number of methoxy groups -OCH3 is 2. The Morgan fingerprint density at radius 1 is 0.527 bits per heavy atom. The van der Waals surface area contributed by atoms with E-state index in [4.69, 9.17) is 42.1 Å². The SMILES string of the molecule is CO[C@@]1(CN2CCN3CCN(C(C)=O)C[C@@H]3C2)/C=C/C[C@H](C)[C@@H](C)S(=O)(=O)NC(=O)c2ccc3c(c2)N(C[C@@H]2CC[C@H]21)C[C@@]1(CCCc2cc(Cl)ccc21)CO3.CO[C@@]1(CN2CCN3CCN(C(C)=O)C[C@H]3C2)/C=C/C[C@H](C)[C@@H](C)S(=O)(=O)NC(=O)c2ccc3c(c2)N(C[C@@H]2CC[C@H]21)C[C@@]1(CCCc2cc(Cl)ccc21)CO3. The molecule has 16 rings (SSSR count). The average molecular weight is 1620 g/mol. The molecule has 0 aromatic heterocycles. The van der Waals surface area contributed by atoms with Crippen LogP contribution in [0, 0.1) is 35.5 Å². The molecule has 4 aromatic carbocycles. The average Bonchev–Trinajstić information content (AvgIpc) is 1.31. The minimum Gasteiger partial charge on any atom is -0.490 e. The van der Waals surface area contributed by atoms with Crippen LogP contribution in [-0.4, -0.2) is 249 Å². The van der Waals surface area contributed by atoms with E-state index in [1.165, 1.54) is 22.3 Å². The van der Waals surface area contributed by atoms with Crippen molar-refractivity contribution in [2.45, 2.75) is 163 Å². The van der Waals surface area contributed by atoms with Crippen LogP contribution in [0.15, 0.2) is 97.1 Å². The summed E-state index contributed by atoms with van der Waals surface area (Å²) in [5.74, 6) is 0.904. The molecule has 4 aromatic rings. The molecule has 2 saturated carbocycles. The molecule has 6 fully saturated rings. The molecule has 4 amide bonds. The number of carbonyl (C=O) groups is 4. The summed E-state index contributed by atoms with van der Waals surface area (Å²) in [4.78, 5) is 71.0. The van der Waals surface area contributed by atoms with Gasteiger partial charge in [0.25, 0.3) is 11.8 Å². The third-order valence-corrected chi connectivity index (χ3v) is 32.9. The summed E-state index contributed by atoms with van der Waals surface area (Å²) in [5.41, 5.74) is 5.48. The highest BCUT2D eigenvalue weighted by molar-refractivity contribution is 7.91. The fourth-order valence-corrected chi connectivity index (χ4v) is 24.2. The second kappa shape index (κ2) is 32.6. The van der Waals surface area contributed by atoms with Gasteiger partial charge in [-0.3, -0.25) is 38.8 Å². The Bertz CT molecular complexity index is 4240. The Kier molecular flexibility index (Phi) is 23.6. The van der Waals surface area contributed by atoms with Crippen molar-refractivity contribution >= 4 is 78.3 Å². The number of anilines is 2. The highest BCUT2D eigenvalue weighted by Crippen LogP contribution is 2.53. The van der Waals surface area contributed by atoms with E-state index in [1.54, 1.807) is 39.8 Å². The van der Waals surface area contributed by atoms with Gasteiger partial charge in [-0.15, -0.1) is 0 Å². The number of ether oxygens (including phenoxy) is 4. The summed E-state index contributed by atoms with van der Waals surface area (Å²) in [6, 6.07) is 23.7. The van der Waals surface area contributed by atoms with Gasteiger partial charge in [-0.25, -0.2) is 26.3 Å². The number of fused-ring (bicyclic) bond motifs is 10. The van der Waals surface area contributed by atoms with Crippen molar-refractivity contribution < 1.29 is 55.0 Å². The minimum absolute atomic E-state index is 0.132. The zero-order valence-corrected chi connectivity index (χ0v) is 69.8. The van der Waals surface area contributed by atoms with E-state index in [9.17, 15) is 36.0 Å². The van der Waals surface area contributed by atoms with Crippen molar-refractivity contribution in [1.82, 2.24) is 38.8 Å². The van der Waals surface area contributed by atoms with Gasteiger partial charge in [0.05, 0.1) is 35.1 Å². The number of nitrogens with zero attached hydrogens (tertiary/aromatic N) is 8. The highest BCUT2D eigenvalue weighted by Gasteiger charge is 2.54. The quantitative estimate of drug-likeness (QED) is 0.171. The van der Waals surface area contributed by atoms with Crippen molar-refractivity contribution in [3.8, 4) is 11.5 Å². The van der Waals surface area contributed by atoms with Gasteiger partial charge in [0.2, 0.25) is 31.9 Å². The van der Waals surface area contributed by atoms with Gasteiger partial charge in [-0.05, 0) is 209 Å². The molecule has 2 N–H and O–H groups in total. The van der Waals surface area contributed by atoms with Crippen LogP contribution < -0.4 is 28.7 Å². The van der Waals surface area contributed by atoms with Gasteiger partial charge in [0.1, 0.15) is 22.7 Å². The molecular formula is C86H116Cl2N10O12S2. The second-order valence-corrected chi connectivity index (χ2v) is 40.1. The molecule has 4 saturated heterocycles. The van der Waals surface area contributed by atoms with Gasteiger partial charge in [-0.2, -0.15) is 0 Å². The number of nitrogens with one attached hydrogen (secondary N) is 2. The summed E-state index contributed by atoms with van der Waals surface area (Å²) >= 11 is 13.0. The van der Waals surface area contributed by atoms with Crippen LogP contribution >= 0.6 is 23.2 Å². The van der Waals surface area contributed by atoms with Crippen molar-refractivity contribution in [2.75, 3.05) is 155 Å². The minimum atomic E-state index is -3.99. The Hall–Kier alpha value is -6.32. The maximum absolute atomic E-state index is 13.7. The molecule has 0 unspecified atom stereocenters. The molecule has 12 aliphatic rings. The topological polar surface area (TPSA) is 223 Å². The molecule has 608 valence electrons. The van der Waals surface area contributed by atoms with Gasteiger partial charge in [0, 0.05) is 190 Å². The number of piperazine rings is 4. The standard InChI is InChI=1S/2C43H58ClN5O6S/c2*1-29-7-5-16-43(54-4,27-46-17-18-47-19-20-48(31(3)50)25-36(47)24-46)38-12-9-34(38)23-49-26-42(15-6-8-32-21-35(44)11-13-37(32)42)28-55-40-14-10-33(22-39(40)49)41(51)45-56(52,53)30(29)2/h2*5,10-11,13-14,16,21-22,29-30,34,36,38H,6-9,12,15,17-20,23-28H2,1-4H3,(H,45,51)/b2*16-5+/t29-,30+,34-,36+,38+,42-,43+;29-,30+,34-,36-,38+,42-,43+/m00/s1. The molecular weight excluding hydrogens is 1500 g/mol. The lowest BCUT2D eigenvalue weighted by Crippen LogP contribution is -2.65. The van der Waals surface area contributed by atoms with Crippen LogP contribution in [-0.2, 0) is 62.8 Å². The fourth-order valence-electron chi connectivity index (χ4n) is 21.2. The van der Waals surface area contributed by atoms with E-state index in [1.807, 2.05) is 74.3 Å². The summed E-state index contributed by atoms with van der Waals surface area (Å²) in [7, 11) is -4.31. The lowest BCUT2D eigenvalue weighted by molar-refractivity contribution is -0.134. The number of hydrogen-bond acceptors (Lipinski definition) is 18. The fraction of sp³-hybridized carbons (Fsp3) is 0.628. The zero-order valence-electron chi connectivity index (χ0n) is 66.7. The Morgan fingerprint density at radius 2 is 0.938 bits per heavy atom. The van der Waals surface area contributed by atoms with Crippen LogP contribution in [0.3, 0.4) is 0 Å². The lowest BCUT2D eigenvalue weighted by atomic mass is 9.63. The third-order valence-electron chi connectivity index (χ3n) is 28.6. The first kappa shape index (κ1) is 80.8. The van der Waals surface area contributed by atoms with Gasteiger partial charge in [0.15, 0.2) is 0 Å². The zero-order chi connectivity index (χ0) is 78.8. The van der Waals surface area contributed by atoms with E-state index in [2.05, 4.69) is 87.4 Å². The summed E-state index contributed by atoms with van der Waals surface area (Å²) < 4.78 is 86.4. The summed E-state index contributed by atoms with van der Waals surface area (Å²) in [5, 5.41) is -0.136. The molecule has 26 heteroatoms. The molecule has 8 aliphatic heterocycles. The number of rotatable bonds is 6. The van der Waals surface area contributed by atoms with Crippen LogP contribution in [0.2, 0.25) is 10.0 Å². The van der Waals surface area contributed by atoms with Gasteiger partial charge < -0.3 is 38.5 Å². The molecule has 0 radical (unpaired) electrons. The van der Waals surface area contributed by atoms with Gasteiger partial charge in [-0.1, -0.05) is 73.5 Å². The van der Waals surface area contributed by atoms with Crippen molar-refractivity contribution in [3.05, 3.63) is 141 Å².